The van der Waals surface area contributed by atoms with E-state index in [0.717, 1.165) is 36.6 Å². The molecule has 4 rings (SSSR count). The maximum Gasteiger partial charge on any atom is 0.347 e. The Balaban J connectivity index is 1.46. The molecule has 1 saturated carbocycles. The summed E-state index contributed by atoms with van der Waals surface area (Å²) < 4.78 is 12.1. The van der Waals surface area contributed by atoms with Crippen molar-refractivity contribution in [3.05, 3.63) is 57.4 Å². The van der Waals surface area contributed by atoms with Crippen molar-refractivity contribution in [3.8, 4) is 0 Å². The number of para-hydroxylation sites is 1. The maximum absolute atomic E-state index is 12.8. The second-order valence-corrected chi connectivity index (χ2v) is 8.93. The zero-order valence-corrected chi connectivity index (χ0v) is 20.1. The highest BCUT2D eigenvalue weighted by atomic mass is 16.7. The van der Waals surface area contributed by atoms with Crippen LogP contribution in [0.2, 0.25) is 0 Å². The van der Waals surface area contributed by atoms with Gasteiger partial charge in [0.25, 0.3) is 5.56 Å². The average Bonchev–Trinajstić information content (AvgIpc) is 3.48. The first-order valence-corrected chi connectivity index (χ1v) is 11.9. The van der Waals surface area contributed by atoms with E-state index in [0.29, 0.717) is 5.69 Å². The van der Waals surface area contributed by atoms with E-state index in [1.54, 1.807) is 43.2 Å². The lowest BCUT2D eigenvalue weighted by Gasteiger charge is -2.36. The molecule has 196 valence electrons. The highest BCUT2D eigenvalue weighted by Gasteiger charge is 2.45. The van der Waals surface area contributed by atoms with Gasteiger partial charge in [0.2, 0.25) is 0 Å². The minimum Gasteiger partial charge on any atom is -0.461 e. The van der Waals surface area contributed by atoms with Crippen LogP contribution in [0.5, 0.6) is 0 Å². The summed E-state index contributed by atoms with van der Waals surface area (Å²) in [6.45, 7) is 1.46. The zero-order valence-electron chi connectivity index (χ0n) is 20.1. The molecule has 0 spiro atoms. The fraction of sp³-hybridized carbons (Fsp3) is 0.565. The Hall–Kier alpha value is -3.10. The minimum atomic E-state index is -1.50. The summed E-state index contributed by atoms with van der Waals surface area (Å²) in [6.07, 6.45) is -0.717. The van der Waals surface area contributed by atoms with Gasteiger partial charge in [-0.1, -0.05) is 18.2 Å². The zero-order chi connectivity index (χ0) is 25.8. The van der Waals surface area contributed by atoms with Gasteiger partial charge in [-0.15, -0.1) is 0 Å². The van der Waals surface area contributed by atoms with E-state index in [4.69, 9.17) is 14.3 Å². The van der Waals surface area contributed by atoms with Crippen LogP contribution in [0, 0.1) is 0 Å². The first kappa shape index (κ1) is 26.0. The van der Waals surface area contributed by atoms with Gasteiger partial charge in [-0.2, -0.15) is 20.0 Å². The lowest BCUT2D eigenvalue weighted by molar-refractivity contribution is -0.158. The Morgan fingerprint density at radius 2 is 1.92 bits per heavy atom. The molecule has 1 aliphatic carbocycles. The van der Waals surface area contributed by atoms with Gasteiger partial charge in [0, 0.05) is 7.05 Å². The molecule has 2 fully saturated rings. The van der Waals surface area contributed by atoms with Gasteiger partial charge >= 0.3 is 11.7 Å². The molecule has 0 amide bonds. The number of aromatic amines is 1. The standard InChI is InChI=1S/C23H31N5O8/c1-14(22(32)35-16-10-6-7-11-16)26(2)28(15-8-4-3-5-9-15)34-13-17-19(30)20(31)21(36-17)27-23(33)25-18(29)12-24-27/h3-5,8-9,12,14,16-17,19-21,30-31H,6-7,10-11,13H2,1-2H3,(H,25,29,33)/t14?,17?,19-,20-,21?/m1/s1. The first-order chi connectivity index (χ1) is 17.3. The number of carbonyl (C=O) groups excluding carboxylic acids is 1. The van der Waals surface area contributed by atoms with Crippen LogP contribution in [-0.4, -0.2) is 80.1 Å². The number of hydrogen-bond donors (Lipinski definition) is 3. The number of nitrogens with zero attached hydrogens (tertiary/aromatic N) is 4. The molecule has 1 aromatic carbocycles. The van der Waals surface area contributed by atoms with Crippen LogP contribution >= 0.6 is 0 Å². The summed E-state index contributed by atoms with van der Waals surface area (Å²) in [5.74, 6) is -0.384. The van der Waals surface area contributed by atoms with Crippen molar-refractivity contribution in [3.63, 3.8) is 0 Å². The number of nitrogens with one attached hydrogen (secondary N) is 1. The fourth-order valence-electron chi connectivity index (χ4n) is 4.24. The molecule has 13 heteroatoms. The van der Waals surface area contributed by atoms with E-state index >= 15 is 0 Å². The van der Waals surface area contributed by atoms with Gasteiger partial charge in [-0.3, -0.25) is 19.4 Å². The van der Waals surface area contributed by atoms with Crippen molar-refractivity contribution in [1.82, 2.24) is 19.8 Å². The molecule has 5 atom stereocenters. The number of benzene rings is 1. The molecule has 0 radical (unpaired) electrons. The summed E-state index contributed by atoms with van der Waals surface area (Å²) in [5, 5.41) is 27.6. The first-order valence-electron chi connectivity index (χ1n) is 11.9. The van der Waals surface area contributed by atoms with Gasteiger partial charge < -0.3 is 19.7 Å². The number of likely N-dealkylation sites (N-methyl/N-ethyl adjacent to an activating group) is 1. The van der Waals surface area contributed by atoms with Crippen molar-refractivity contribution < 1.29 is 29.3 Å². The fourth-order valence-corrected chi connectivity index (χ4v) is 4.24. The molecule has 0 bridgehead atoms. The predicted molar refractivity (Wildman–Crippen MR) is 125 cm³/mol. The van der Waals surface area contributed by atoms with E-state index in [1.165, 1.54) is 5.17 Å². The third-order valence-electron chi connectivity index (χ3n) is 6.43. The number of aromatic nitrogens is 3. The summed E-state index contributed by atoms with van der Waals surface area (Å²) in [5.41, 5.74) is -0.990. The van der Waals surface area contributed by atoms with Gasteiger partial charge in [0.05, 0.1) is 5.69 Å². The topological polar surface area (TPSA) is 159 Å². The second-order valence-electron chi connectivity index (χ2n) is 8.93. The molecular weight excluding hydrogens is 474 g/mol. The van der Waals surface area contributed by atoms with Crippen molar-refractivity contribution in [2.24, 2.45) is 0 Å². The summed E-state index contributed by atoms with van der Waals surface area (Å²) in [6, 6.07) is 8.30. The quantitative estimate of drug-likeness (QED) is 0.304. The van der Waals surface area contributed by atoms with Crippen molar-refractivity contribution in [1.29, 1.82) is 0 Å². The normalized spacial score (nSPS) is 25.2. The van der Waals surface area contributed by atoms with Crippen LogP contribution in [0.4, 0.5) is 5.69 Å². The molecular formula is C23H31N5O8. The molecule has 36 heavy (non-hydrogen) atoms. The van der Waals surface area contributed by atoms with Crippen LogP contribution in [0.15, 0.2) is 46.1 Å². The van der Waals surface area contributed by atoms with Gasteiger partial charge in [0.15, 0.2) is 6.23 Å². The SMILES string of the molecule is CC(C(=O)OC1CCCC1)N(C)N(OCC1OC(n2ncc(=O)[nH]c2=O)[C@H](O)[C@@H]1O)c1ccccc1. The predicted octanol–water partition coefficient (Wildman–Crippen LogP) is -0.290. The number of esters is 1. The van der Waals surface area contributed by atoms with E-state index < -0.39 is 41.8 Å². The Morgan fingerprint density at radius 3 is 2.58 bits per heavy atom. The Kier molecular flexibility index (Phi) is 8.16. The number of hydrogen-bond acceptors (Lipinski definition) is 11. The smallest absolute Gasteiger partial charge is 0.347 e. The third kappa shape index (κ3) is 5.65. The number of rotatable bonds is 9. The van der Waals surface area contributed by atoms with E-state index in [2.05, 4.69) is 5.10 Å². The van der Waals surface area contributed by atoms with Crippen LogP contribution in [-0.2, 0) is 19.1 Å². The highest BCUT2D eigenvalue weighted by molar-refractivity contribution is 5.75. The number of ether oxygens (including phenoxy) is 2. The number of anilines is 1. The number of aliphatic hydroxyl groups is 2. The summed E-state index contributed by atoms with van der Waals surface area (Å²) in [4.78, 5) is 44.1. The van der Waals surface area contributed by atoms with E-state index in [-0.39, 0.29) is 18.7 Å². The minimum absolute atomic E-state index is 0.0789. The van der Waals surface area contributed by atoms with Gasteiger partial charge in [0.1, 0.15) is 43.3 Å². The number of H-pyrrole nitrogens is 1. The lowest BCUT2D eigenvalue weighted by Crippen LogP contribution is -2.50. The maximum atomic E-state index is 12.8. The monoisotopic (exact) mass is 505 g/mol. The van der Waals surface area contributed by atoms with E-state index in [9.17, 15) is 24.6 Å². The molecule has 2 heterocycles. The molecule has 3 N–H and O–H groups in total. The number of aliphatic hydroxyl groups excluding tert-OH is 2. The molecule has 3 unspecified atom stereocenters. The van der Waals surface area contributed by atoms with Crippen LogP contribution in [0.25, 0.3) is 0 Å². The average molecular weight is 506 g/mol. The Labute approximate surface area is 206 Å². The number of hydrazine groups is 1. The number of carbonyl (C=O) groups is 1. The Bertz CT molecular complexity index is 1140. The van der Waals surface area contributed by atoms with Crippen molar-refractivity contribution >= 4 is 11.7 Å². The third-order valence-corrected chi connectivity index (χ3v) is 6.43. The Morgan fingerprint density at radius 1 is 1.22 bits per heavy atom. The summed E-state index contributed by atoms with van der Waals surface area (Å²) in [7, 11) is 1.67. The van der Waals surface area contributed by atoms with Crippen LogP contribution in [0.1, 0.15) is 38.8 Å². The summed E-state index contributed by atoms with van der Waals surface area (Å²) >= 11 is 0. The largest absolute Gasteiger partial charge is 0.461 e. The second kappa shape index (κ2) is 11.3. The van der Waals surface area contributed by atoms with Crippen molar-refractivity contribution in [2.75, 3.05) is 18.8 Å². The highest BCUT2D eigenvalue weighted by Crippen LogP contribution is 2.29. The van der Waals surface area contributed by atoms with Gasteiger partial charge in [-0.05, 0) is 44.7 Å². The molecule has 2 aromatic rings. The molecule has 1 saturated heterocycles. The van der Waals surface area contributed by atoms with Crippen molar-refractivity contribution in [2.45, 2.75) is 69.3 Å². The molecule has 1 aliphatic heterocycles. The van der Waals surface area contributed by atoms with Gasteiger partial charge in [-0.25, -0.2) is 4.79 Å². The lowest BCUT2D eigenvalue weighted by atomic mass is 10.1. The van der Waals surface area contributed by atoms with E-state index in [1.807, 2.05) is 11.1 Å². The molecule has 1 aromatic heterocycles. The van der Waals surface area contributed by atoms with Crippen LogP contribution in [0.3, 0.4) is 0 Å². The van der Waals surface area contributed by atoms with Crippen LogP contribution < -0.4 is 16.4 Å². The molecule has 13 nitrogen and oxygen atoms in total. The molecule has 2 aliphatic rings.